The highest BCUT2D eigenvalue weighted by atomic mass is 28.4. The van der Waals surface area contributed by atoms with E-state index in [0.29, 0.717) is 13.0 Å². The number of ether oxygens (including phenoxy) is 1. The van der Waals surface area contributed by atoms with Crippen molar-refractivity contribution in [1.29, 1.82) is 0 Å². The van der Waals surface area contributed by atoms with E-state index in [9.17, 15) is 4.79 Å². The minimum Gasteiger partial charge on any atom is -0.466 e. The Balaban J connectivity index is 1.90. The summed E-state index contributed by atoms with van der Waals surface area (Å²) in [6, 6.07) is 32.0. The molecule has 0 amide bonds. The molecule has 1 aliphatic rings. The topological polar surface area (TPSA) is 35.5 Å². The van der Waals surface area contributed by atoms with Crippen molar-refractivity contribution in [3.05, 3.63) is 96.6 Å². The van der Waals surface area contributed by atoms with Crippen LogP contribution in [0, 0.1) is 0 Å². The van der Waals surface area contributed by atoms with Crippen molar-refractivity contribution in [2.24, 2.45) is 0 Å². The number of hydrogen-bond acceptors (Lipinski definition) is 3. The molecule has 1 fully saturated rings. The van der Waals surface area contributed by atoms with Gasteiger partial charge in [0.25, 0.3) is 8.32 Å². The van der Waals surface area contributed by atoms with Gasteiger partial charge in [-0.15, -0.1) is 0 Å². The molecule has 0 unspecified atom stereocenters. The molecule has 2 atom stereocenters. The summed E-state index contributed by atoms with van der Waals surface area (Å²) in [4.78, 5) is 12.4. The van der Waals surface area contributed by atoms with Crippen molar-refractivity contribution in [2.75, 3.05) is 6.61 Å². The summed E-state index contributed by atoms with van der Waals surface area (Å²) < 4.78 is 12.6. The van der Waals surface area contributed by atoms with Crippen LogP contribution in [0.4, 0.5) is 0 Å². The molecule has 1 saturated heterocycles. The Hall–Kier alpha value is -2.69. The smallest absolute Gasteiger partial charge is 0.305 e. The molecule has 0 radical (unpaired) electrons. The Morgan fingerprint density at radius 2 is 1.38 bits per heavy atom. The predicted molar refractivity (Wildman–Crippen MR) is 132 cm³/mol. The number of carbonyl (C=O) groups is 1. The second-order valence-corrected chi connectivity index (χ2v) is 12.6. The number of hydrogen-bond donors (Lipinski definition) is 0. The number of rotatable bonds is 7. The summed E-state index contributed by atoms with van der Waals surface area (Å²) in [6.45, 7) is 6.69. The van der Waals surface area contributed by atoms with Crippen molar-refractivity contribution in [3.63, 3.8) is 0 Å². The molecule has 0 saturated carbocycles. The van der Waals surface area contributed by atoms with E-state index >= 15 is 0 Å². The van der Waals surface area contributed by atoms with Gasteiger partial charge >= 0.3 is 5.97 Å². The summed E-state index contributed by atoms with van der Waals surface area (Å²) in [5.74, 6) is 0.0400. The third kappa shape index (κ3) is 4.17. The summed E-state index contributed by atoms with van der Waals surface area (Å²) in [5, 5.41) is 2.51. The zero-order valence-electron chi connectivity index (χ0n) is 19.2. The van der Waals surface area contributed by atoms with Gasteiger partial charge in [-0.2, -0.15) is 0 Å². The Labute approximate surface area is 192 Å². The Morgan fingerprint density at radius 1 is 0.875 bits per heavy atom. The molecule has 4 heteroatoms. The molecule has 4 rings (SSSR count). The Morgan fingerprint density at radius 3 is 1.88 bits per heavy atom. The fourth-order valence-corrected chi connectivity index (χ4v) is 11.1. The van der Waals surface area contributed by atoms with Gasteiger partial charge in [0.05, 0.1) is 12.2 Å². The molecule has 3 aromatic rings. The zero-order chi connectivity index (χ0) is 22.6. The van der Waals surface area contributed by atoms with Crippen LogP contribution < -0.4 is 10.4 Å². The fraction of sp³-hybridized carbons (Fsp3) is 0.321. The van der Waals surface area contributed by atoms with E-state index < -0.39 is 8.32 Å². The second-order valence-electron chi connectivity index (χ2n) is 9.01. The maximum absolute atomic E-state index is 12.4. The van der Waals surface area contributed by atoms with Crippen molar-refractivity contribution in [1.82, 2.24) is 0 Å². The average molecular weight is 445 g/mol. The van der Waals surface area contributed by atoms with E-state index in [4.69, 9.17) is 9.16 Å². The molecule has 3 nitrogen and oxygen atoms in total. The molecule has 166 valence electrons. The lowest BCUT2D eigenvalue weighted by atomic mass is 9.81. The minimum absolute atomic E-state index is 0.131. The first kappa shape index (κ1) is 22.5. The normalized spacial score (nSPS) is 21.2. The van der Waals surface area contributed by atoms with Gasteiger partial charge in [0, 0.05) is 12.3 Å². The van der Waals surface area contributed by atoms with Crippen LogP contribution in [0.25, 0.3) is 0 Å². The summed E-state index contributed by atoms with van der Waals surface area (Å²) >= 11 is 0. The van der Waals surface area contributed by atoms with Crippen molar-refractivity contribution >= 4 is 24.7 Å². The predicted octanol–water partition coefficient (Wildman–Crippen LogP) is 5.05. The third-order valence-corrected chi connectivity index (χ3v) is 11.5. The van der Waals surface area contributed by atoms with E-state index in [1.807, 2.05) is 6.92 Å². The van der Waals surface area contributed by atoms with Crippen molar-refractivity contribution in [2.45, 2.75) is 50.7 Å². The maximum atomic E-state index is 12.4. The fourth-order valence-electron chi connectivity index (χ4n) is 5.53. The van der Waals surface area contributed by atoms with Crippen molar-refractivity contribution < 1.29 is 14.0 Å². The van der Waals surface area contributed by atoms with E-state index in [1.54, 1.807) is 0 Å². The minimum atomic E-state index is -2.69. The van der Waals surface area contributed by atoms with Crippen LogP contribution in [0.2, 0.25) is 5.54 Å². The Kier molecular flexibility index (Phi) is 6.63. The lowest BCUT2D eigenvalue weighted by molar-refractivity contribution is -0.143. The van der Waals surface area contributed by atoms with Gasteiger partial charge in [-0.25, -0.2) is 0 Å². The average Bonchev–Trinajstić information content (AvgIpc) is 3.07. The Bertz CT molecular complexity index is 979. The van der Waals surface area contributed by atoms with Gasteiger partial charge in [-0.05, 0) is 48.7 Å². The van der Waals surface area contributed by atoms with Gasteiger partial charge in [-0.1, -0.05) is 91.0 Å². The molecule has 0 bridgehead atoms. The molecular formula is C28H32O3Si. The van der Waals surface area contributed by atoms with Crippen LogP contribution in [0.1, 0.15) is 45.1 Å². The number of carbonyl (C=O) groups excluding carboxylic acids is 1. The lowest BCUT2D eigenvalue weighted by Gasteiger charge is -2.34. The third-order valence-electron chi connectivity index (χ3n) is 6.63. The molecule has 1 aliphatic heterocycles. The first-order valence-corrected chi connectivity index (χ1v) is 13.5. The van der Waals surface area contributed by atoms with Gasteiger partial charge in [-0.3, -0.25) is 4.79 Å². The van der Waals surface area contributed by atoms with Gasteiger partial charge in [0.1, 0.15) is 0 Å². The molecular weight excluding hydrogens is 412 g/mol. The van der Waals surface area contributed by atoms with E-state index in [1.165, 1.54) is 15.9 Å². The first-order valence-electron chi connectivity index (χ1n) is 11.5. The van der Waals surface area contributed by atoms with Crippen LogP contribution in [0.3, 0.4) is 0 Å². The monoisotopic (exact) mass is 444 g/mol. The second kappa shape index (κ2) is 9.43. The maximum Gasteiger partial charge on any atom is 0.305 e. The molecule has 0 spiro atoms. The van der Waals surface area contributed by atoms with Crippen molar-refractivity contribution in [3.8, 4) is 0 Å². The van der Waals surface area contributed by atoms with Gasteiger partial charge in [0.15, 0.2) is 0 Å². The summed E-state index contributed by atoms with van der Waals surface area (Å²) in [7, 11) is -2.69. The molecule has 0 aromatic heterocycles. The molecule has 0 N–H and O–H groups in total. The zero-order valence-corrected chi connectivity index (χ0v) is 20.2. The molecule has 0 aliphatic carbocycles. The summed E-state index contributed by atoms with van der Waals surface area (Å²) in [6.07, 6.45) is 1.13. The van der Waals surface area contributed by atoms with Crippen LogP contribution in [-0.2, 0) is 14.0 Å². The highest BCUT2D eigenvalue weighted by Gasteiger charge is 2.62. The SMILES string of the molecule is CCOC(=O)CC[C@H]1[C@H](c2ccccc2)C(C)(C)O[Si]1(c1ccccc1)c1ccccc1. The van der Waals surface area contributed by atoms with Crippen LogP contribution in [0.15, 0.2) is 91.0 Å². The summed E-state index contributed by atoms with van der Waals surface area (Å²) in [5.41, 5.74) is 1.08. The quantitative estimate of drug-likeness (QED) is 0.378. The molecule has 1 heterocycles. The molecule has 3 aromatic carbocycles. The van der Waals surface area contributed by atoms with Crippen LogP contribution in [0.5, 0.6) is 0 Å². The highest BCUT2D eigenvalue weighted by Crippen LogP contribution is 2.55. The highest BCUT2D eigenvalue weighted by molar-refractivity contribution is 6.99. The first-order chi connectivity index (χ1) is 15.5. The van der Waals surface area contributed by atoms with E-state index in [0.717, 1.165) is 6.42 Å². The van der Waals surface area contributed by atoms with E-state index in [2.05, 4.69) is 105 Å². The standard InChI is InChI=1S/C28H32O3Si/c1-4-30-26(29)21-20-25-27(22-14-8-5-9-15-22)28(2,3)31-32(25,23-16-10-6-11-17-23)24-18-12-7-13-19-24/h5-19,25,27H,4,20-21H2,1-3H3/t25-,27-/m0/s1. The number of benzene rings is 3. The lowest BCUT2D eigenvalue weighted by Crippen LogP contribution is -2.62. The molecule has 32 heavy (non-hydrogen) atoms. The van der Waals surface area contributed by atoms with E-state index in [-0.39, 0.29) is 23.0 Å². The van der Waals surface area contributed by atoms with Crippen LogP contribution in [-0.4, -0.2) is 26.5 Å². The largest absolute Gasteiger partial charge is 0.466 e. The van der Waals surface area contributed by atoms with Crippen LogP contribution >= 0.6 is 0 Å². The van der Waals surface area contributed by atoms with Gasteiger partial charge < -0.3 is 9.16 Å². The van der Waals surface area contributed by atoms with Gasteiger partial charge in [0.2, 0.25) is 0 Å². The number of esters is 1.